The van der Waals surface area contributed by atoms with Crippen molar-refractivity contribution in [3.05, 3.63) is 95.0 Å². The minimum absolute atomic E-state index is 0.00621. The zero-order valence-electron chi connectivity index (χ0n) is 15.3. The first-order valence-corrected chi connectivity index (χ1v) is 9.69. The number of H-pyrrole nitrogens is 1. The van der Waals surface area contributed by atoms with E-state index >= 15 is 0 Å². The van der Waals surface area contributed by atoms with E-state index in [0.29, 0.717) is 24.4 Å². The zero-order valence-corrected chi connectivity index (χ0v) is 16.1. The first-order valence-electron chi connectivity index (χ1n) is 9.32. The van der Waals surface area contributed by atoms with Gasteiger partial charge in [0, 0.05) is 47.4 Å². The summed E-state index contributed by atoms with van der Waals surface area (Å²) in [5.74, 6) is 0.764. The van der Waals surface area contributed by atoms with Crippen molar-refractivity contribution < 1.29 is 9.21 Å². The molecule has 0 saturated carbocycles. The molecule has 0 aliphatic rings. The lowest BCUT2D eigenvalue weighted by molar-refractivity contribution is -0.121. The Morgan fingerprint density at radius 2 is 1.86 bits per heavy atom. The number of aryl methyl sites for hydroxylation is 1. The fraction of sp³-hybridized carbons (Fsp3) is 0.174. The molecule has 2 aromatic carbocycles. The number of para-hydroxylation sites is 1. The highest BCUT2D eigenvalue weighted by Crippen LogP contribution is 2.34. The van der Waals surface area contributed by atoms with Crippen LogP contribution in [0.2, 0.25) is 5.02 Å². The van der Waals surface area contributed by atoms with Crippen molar-refractivity contribution in [2.24, 2.45) is 0 Å². The lowest BCUT2D eigenvalue weighted by Crippen LogP contribution is -2.29. The highest BCUT2D eigenvalue weighted by molar-refractivity contribution is 6.31. The van der Waals surface area contributed by atoms with Gasteiger partial charge in [0.25, 0.3) is 0 Å². The third-order valence-electron chi connectivity index (χ3n) is 4.96. The number of nitrogens with one attached hydrogen (secondary N) is 2. The van der Waals surface area contributed by atoms with Crippen LogP contribution in [0.3, 0.4) is 0 Å². The Hall–Kier alpha value is -2.98. The van der Waals surface area contributed by atoms with E-state index in [2.05, 4.69) is 16.4 Å². The van der Waals surface area contributed by atoms with Gasteiger partial charge in [-0.1, -0.05) is 48.0 Å². The number of carbonyl (C=O) groups excluding carboxylic acids is 1. The summed E-state index contributed by atoms with van der Waals surface area (Å²) in [5, 5.41) is 4.90. The van der Waals surface area contributed by atoms with Crippen molar-refractivity contribution >= 4 is 28.4 Å². The Balaban J connectivity index is 1.55. The van der Waals surface area contributed by atoms with E-state index in [4.69, 9.17) is 16.0 Å². The SMILES string of the molecule is O=C(CCc1ccco1)NC[C@H](c1ccccc1Cl)c1c[nH]c2ccccc12. The number of amides is 1. The van der Waals surface area contributed by atoms with Crippen molar-refractivity contribution in [2.75, 3.05) is 6.54 Å². The van der Waals surface area contributed by atoms with Gasteiger partial charge in [0.05, 0.1) is 6.26 Å². The molecule has 0 spiro atoms. The van der Waals surface area contributed by atoms with E-state index in [-0.39, 0.29) is 11.8 Å². The second-order valence-electron chi connectivity index (χ2n) is 6.75. The van der Waals surface area contributed by atoms with Crippen molar-refractivity contribution in [1.82, 2.24) is 10.3 Å². The number of fused-ring (bicyclic) bond motifs is 1. The maximum Gasteiger partial charge on any atom is 0.220 e. The molecule has 4 aromatic rings. The fourth-order valence-corrected chi connectivity index (χ4v) is 3.79. The van der Waals surface area contributed by atoms with Gasteiger partial charge in [-0.05, 0) is 35.4 Å². The fourth-order valence-electron chi connectivity index (χ4n) is 3.52. The predicted octanol–water partition coefficient (Wildman–Crippen LogP) is 5.30. The standard InChI is InChI=1S/C23H21ClN2O2/c24-21-9-3-1-7-17(21)19(20-14-25-22-10-4-2-8-18(20)22)15-26-23(27)12-11-16-6-5-13-28-16/h1-10,13-14,19,25H,11-12,15H2,(H,26,27)/t19-/m1/s1. The van der Waals surface area contributed by atoms with Gasteiger partial charge in [-0.15, -0.1) is 0 Å². The minimum Gasteiger partial charge on any atom is -0.469 e. The van der Waals surface area contributed by atoms with Crippen LogP contribution in [0.25, 0.3) is 10.9 Å². The van der Waals surface area contributed by atoms with Gasteiger partial charge < -0.3 is 14.7 Å². The molecule has 5 heteroatoms. The Kier molecular flexibility index (Phi) is 5.49. The number of furan rings is 1. The van der Waals surface area contributed by atoms with Gasteiger partial charge in [0.15, 0.2) is 0 Å². The topological polar surface area (TPSA) is 58.0 Å². The summed E-state index contributed by atoms with van der Waals surface area (Å²) in [5.41, 5.74) is 3.19. The summed E-state index contributed by atoms with van der Waals surface area (Å²) in [6, 6.07) is 19.7. The van der Waals surface area contributed by atoms with Gasteiger partial charge in [-0.2, -0.15) is 0 Å². The van der Waals surface area contributed by atoms with E-state index in [9.17, 15) is 4.79 Å². The average molecular weight is 393 g/mol. The number of carbonyl (C=O) groups is 1. The molecule has 1 atom stereocenters. The van der Waals surface area contributed by atoms with E-state index in [0.717, 1.165) is 27.8 Å². The Bertz CT molecular complexity index is 1070. The lowest BCUT2D eigenvalue weighted by atomic mass is 9.90. The summed E-state index contributed by atoms with van der Waals surface area (Å²) in [4.78, 5) is 15.7. The molecule has 0 unspecified atom stereocenters. The number of hydrogen-bond donors (Lipinski definition) is 2. The normalized spacial score (nSPS) is 12.2. The van der Waals surface area contributed by atoms with Gasteiger partial charge in [0.1, 0.15) is 5.76 Å². The maximum absolute atomic E-state index is 12.4. The van der Waals surface area contributed by atoms with Crippen LogP contribution in [-0.2, 0) is 11.2 Å². The summed E-state index contributed by atoms with van der Waals surface area (Å²) in [7, 11) is 0. The van der Waals surface area contributed by atoms with Gasteiger partial charge >= 0.3 is 0 Å². The summed E-state index contributed by atoms with van der Waals surface area (Å²) in [6.07, 6.45) is 4.60. The molecular weight excluding hydrogens is 372 g/mol. The molecule has 4 nitrogen and oxygen atoms in total. The third kappa shape index (κ3) is 3.97. The second kappa shape index (κ2) is 8.36. The van der Waals surface area contributed by atoms with Gasteiger partial charge in [-0.3, -0.25) is 4.79 Å². The lowest BCUT2D eigenvalue weighted by Gasteiger charge is -2.19. The first kappa shape index (κ1) is 18.4. The van der Waals surface area contributed by atoms with Crippen LogP contribution >= 0.6 is 11.6 Å². The Morgan fingerprint density at radius 1 is 1.04 bits per heavy atom. The van der Waals surface area contributed by atoms with Crippen LogP contribution in [0.4, 0.5) is 0 Å². The molecule has 142 valence electrons. The molecule has 2 aromatic heterocycles. The number of aromatic amines is 1. The average Bonchev–Trinajstić information content (AvgIpc) is 3.38. The number of rotatable bonds is 7. The predicted molar refractivity (Wildman–Crippen MR) is 112 cm³/mol. The number of aromatic nitrogens is 1. The van der Waals surface area contributed by atoms with Gasteiger partial charge in [-0.25, -0.2) is 0 Å². The van der Waals surface area contributed by atoms with E-state index < -0.39 is 0 Å². The molecule has 28 heavy (non-hydrogen) atoms. The van der Waals surface area contributed by atoms with E-state index in [1.165, 1.54) is 0 Å². The molecule has 0 radical (unpaired) electrons. The Morgan fingerprint density at radius 3 is 2.68 bits per heavy atom. The molecule has 0 fully saturated rings. The molecule has 2 heterocycles. The van der Waals surface area contributed by atoms with Crippen molar-refractivity contribution in [1.29, 1.82) is 0 Å². The molecule has 2 N–H and O–H groups in total. The highest BCUT2D eigenvalue weighted by Gasteiger charge is 2.21. The van der Waals surface area contributed by atoms with Crippen LogP contribution in [0.5, 0.6) is 0 Å². The largest absolute Gasteiger partial charge is 0.469 e. The van der Waals surface area contributed by atoms with Crippen LogP contribution in [-0.4, -0.2) is 17.4 Å². The Labute approximate surface area is 168 Å². The summed E-state index contributed by atoms with van der Waals surface area (Å²) in [6.45, 7) is 0.475. The monoisotopic (exact) mass is 392 g/mol. The maximum atomic E-state index is 12.4. The van der Waals surface area contributed by atoms with Gasteiger partial charge in [0.2, 0.25) is 5.91 Å². The third-order valence-corrected chi connectivity index (χ3v) is 5.30. The molecule has 0 aliphatic carbocycles. The summed E-state index contributed by atoms with van der Waals surface area (Å²) >= 11 is 6.50. The molecule has 0 aliphatic heterocycles. The molecule has 1 amide bonds. The number of benzene rings is 2. The zero-order chi connectivity index (χ0) is 19.3. The first-order chi connectivity index (χ1) is 13.7. The summed E-state index contributed by atoms with van der Waals surface area (Å²) < 4.78 is 5.30. The molecule has 0 bridgehead atoms. The highest BCUT2D eigenvalue weighted by atomic mass is 35.5. The smallest absolute Gasteiger partial charge is 0.220 e. The van der Waals surface area contributed by atoms with Crippen molar-refractivity contribution in [3.63, 3.8) is 0 Å². The van der Waals surface area contributed by atoms with E-state index in [1.54, 1.807) is 6.26 Å². The molecule has 4 rings (SSSR count). The second-order valence-corrected chi connectivity index (χ2v) is 7.15. The van der Waals surface area contributed by atoms with E-state index in [1.807, 2.05) is 60.8 Å². The van der Waals surface area contributed by atoms with Crippen LogP contribution in [0.15, 0.2) is 77.5 Å². The van der Waals surface area contributed by atoms with Crippen LogP contribution in [0.1, 0.15) is 29.2 Å². The number of halogens is 1. The molecule has 0 saturated heterocycles. The molecular formula is C23H21ClN2O2. The van der Waals surface area contributed by atoms with Crippen LogP contribution < -0.4 is 5.32 Å². The minimum atomic E-state index is -0.0441. The van der Waals surface area contributed by atoms with Crippen LogP contribution in [0, 0.1) is 0 Å². The number of hydrogen-bond acceptors (Lipinski definition) is 2. The van der Waals surface area contributed by atoms with Crippen molar-refractivity contribution in [3.8, 4) is 0 Å². The van der Waals surface area contributed by atoms with Crippen molar-refractivity contribution in [2.45, 2.75) is 18.8 Å². The quantitative estimate of drug-likeness (QED) is 0.448.